The minimum absolute atomic E-state index is 0.262. The molecule has 174 valence electrons. The molecule has 5 rings (SSSR count). The molecule has 0 atom stereocenters. The van der Waals surface area contributed by atoms with Crippen molar-refractivity contribution < 1.29 is 13.2 Å². The predicted molar refractivity (Wildman–Crippen MR) is 137 cm³/mol. The molecule has 1 heterocycles. The van der Waals surface area contributed by atoms with E-state index in [2.05, 4.69) is 14.9 Å². The molecule has 7 heteroatoms. The quantitative estimate of drug-likeness (QED) is 0.410. The monoisotopic (exact) mass is 473 g/mol. The number of benzene rings is 4. The molecule has 0 saturated carbocycles. The van der Waals surface area contributed by atoms with Gasteiger partial charge >= 0.3 is 0 Å². The first-order valence-corrected chi connectivity index (χ1v) is 12.9. The van der Waals surface area contributed by atoms with Crippen LogP contribution in [-0.4, -0.2) is 34.6 Å². The van der Waals surface area contributed by atoms with E-state index < -0.39 is 10.0 Å². The molecule has 0 unspecified atom stereocenters. The van der Waals surface area contributed by atoms with E-state index in [-0.39, 0.29) is 4.90 Å². The number of hydrogen-bond acceptors (Lipinski definition) is 5. The van der Waals surface area contributed by atoms with Crippen LogP contribution in [0.3, 0.4) is 0 Å². The van der Waals surface area contributed by atoms with E-state index in [1.54, 1.807) is 24.3 Å². The van der Waals surface area contributed by atoms with Crippen LogP contribution in [0.5, 0.6) is 5.75 Å². The third-order valence-corrected chi connectivity index (χ3v) is 7.38. The molecule has 1 aliphatic heterocycles. The molecule has 0 aliphatic carbocycles. The maximum absolute atomic E-state index is 13.4. The average Bonchev–Trinajstić information content (AvgIpc) is 2.88. The highest BCUT2D eigenvalue weighted by Crippen LogP contribution is 2.33. The Morgan fingerprint density at radius 1 is 0.824 bits per heavy atom. The van der Waals surface area contributed by atoms with Crippen LogP contribution in [0.25, 0.3) is 10.8 Å². The van der Waals surface area contributed by atoms with Gasteiger partial charge in [-0.2, -0.15) is 0 Å². The summed E-state index contributed by atoms with van der Waals surface area (Å²) in [6, 6.07) is 28.2. The van der Waals surface area contributed by atoms with Crippen molar-refractivity contribution in [2.75, 3.05) is 35.8 Å². The summed E-state index contributed by atoms with van der Waals surface area (Å²) >= 11 is 0. The summed E-state index contributed by atoms with van der Waals surface area (Å²) in [5, 5.41) is 5.01. The van der Waals surface area contributed by atoms with E-state index in [1.807, 2.05) is 66.7 Å². The zero-order valence-electron chi connectivity index (χ0n) is 18.8. The molecule has 1 fully saturated rings. The van der Waals surface area contributed by atoms with Gasteiger partial charge in [-0.05, 0) is 29.8 Å². The van der Waals surface area contributed by atoms with Crippen molar-refractivity contribution in [1.29, 1.82) is 0 Å². The molecule has 0 radical (unpaired) electrons. The predicted octanol–water partition coefficient (Wildman–Crippen LogP) is 4.63. The van der Waals surface area contributed by atoms with E-state index in [1.165, 1.54) is 0 Å². The Hall–Kier alpha value is -3.55. The van der Waals surface area contributed by atoms with Crippen molar-refractivity contribution in [2.24, 2.45) is 0 Å². The molecular formula is C27H27N3O3S. The second-order valence-corrected chi connectivity index (χ2v) is 9.92. The Morgan fingerprint density at radius 2 is 1.56 bits per heavy atom. The van der Waals surface area contributed by atoms with Crippen LogP contribution in [0, 0.1) is 0 Å². The summed E-state index contributed by atoms with van der Waals surface area (Å²) in [6.45, 7) is 4.03. The fourth-order valence-electron chi connectivity index (χ4n) is 4.27. The van der Waals surface area contributed by atoms with Gasteiger partial charge in [-0.3, -0.25) is 4.72 Å². The van der Waals surface area contributed by atoms with Gasteiger partial charge < -0.3 is 15.0 Å². The topological polar surface area (TPSA) is 70.7 Å². The molecule has 1 aliphatic rings. The van der Waals surface area contributed by atoms with Crippen LogP contribution in [0.4, 0.5) is 11.4 Å². The minimum Gasteiger partial charge on any atom is -0.489 e. The maximum Gasteiger partial charge on any atom is 0.262 e. The molecule has 0 bridgehead atoms. The lowest BCUT2D eigenvalue weighted by Crippen LogP contribution is -2.43. The third kappa shape index (κ3) is 4.85. The number of hydrogen-bond donors (Lipinski definition) is 2. The van der Waals surface area contributed by atoms with Crippen molar-refractivity contribution in [1.82, 2.24) is 5.32 Å². The Bertz CT molecular complexity index is 1380. The SMILES string of the molecule is O=S(=O)(Nc1cccc(OCc2ccccc2)c1)c1ccc(N2CCNCC2)c2ccccc12. The second kappa shape index (κ2) is 9.75. The van der Waals surface area contributed by atoms with Crippen LogP contribution in [0.1, 0.15) is 5.56 Å². The zero-order chi connectivity index (χ0) is 23.4. The van der Waals surface area contributed by atoms with Crippen LogP contribution in [0.2, 0.25) is 0 Å². The molecule has 2 N–H and O–H groups in total. The van der Waals surface area contributed by atoms with E-state index in [4.69, 9.17) is 4.74 Å². The highest BCUT2D eigenvalue weighted by molar-refractivity contribution is 7.93. The number of sulfonamides is 1. The highest BCUT2D eigenvalue weighted by atomic mass is 32.2. The van der Waals surface area contributed by atoms with Crippen molar-refractivity contribution in [2.45, 2.75) is 11.5 Å². The Morgan fingerprint density at radius 3 is 2.35 bits per heavy atom. The van der Waals surface area contributed by atoms with Gasteiger partial charge in [0.1, 0.15) is 12.4 Å². The van der Waals surface area contributed by atoms with Crippen LogP contribution < -0.4 is 19.7 Å². The van der Waals surface area contributed by atoms with Gasteiger partial charge in [-0.15, -0.1) is 0 Å². The summed E-state index contributed by atoms with van der Waals surface area (Å²) in [5.74, 6) is 0.600. The van der Waals surface area contributed by atoms with E-state index in [0.29, 0.717) is 23.4 Å². The van der Waals surface area contributed by atoms with Gasteiger partial charge in [-0.25, -0.2) is 8.42 Å². The maximum atomic E-state index is 13.4. The fourth-order valence-corrected chi connectivity index (χ4v) is 5.53. The van der Waals surface area contributed by atoms with Gasteiger partial charge in [0, 0.05) is 48.7 Å². The number of nitrogens with zero attached hydrogens (tertiary/aromatic N) is 1. The number of ether oxygens (including phenoxy) is 1. The van der Waals surface area contributed by atoms with Gasteiger partial charge in [-0.1, -0.05) is 60.7 Å². The smallest absolute Gasteiger partial charge is 0.262 e. The van der Waals surface area contributed by atoms with Gasteiger partial charge in [0.05, 0.1) is 10.6 Å². The van der Waals surface area contributed by atoms with Gasteiger partial charge in [0.2, 0.25) is 0 Å². The van der Waals surface area contributed by atoms with Crippen molar-refractivity contribution >= 4 is 32.2 Å². The van der Waals surface area contributed by atoms with Gasteiger partial charge in [0.15, 0.2) is 0 Å². The van der Waals surface area contributed by atoms with E-state index in [9.17, 15) is 8.42 Å². The number of fused-ring (bicyclic) bond motifs is 1. The number of piperazine rings is 1. The molecule has 4 aromatic carbocycles. The summed E-state index contributed by atoms with van der Waals surface area (Å²) < 4.78 is 35.4. The first kappa shape index (κ1) is 22.3. The summed E-state index contributed by atoms with van der Waals surface area (Å²) in [5.41, 5.74) is 2.57. The first-order chi connectivity index (χ1) is 16.6. The molecule has 0 amide bonds. The number of anilines is 2. The molecule has 1 saturated heterocycles. The summed E-state index contributed by atoms with van der Waals surface area (Å²) in [6.07, 6.45) is 0. The molecule has 6 nitrogen and oxygen atoms in total. The number of rotatable bonds is 7. The zero-order valence-corrected chi connectivity index (χ0v) is 19.6. The van der Waals surface area contributed by atoms with Gasteiger partial charge in [0.25, 0.3) is 10.0 Å². The number of nitrogens with one attached hydrogen (secondary N) is 2. The fraction of sp³-hybridized carbons (Fsp3) is 0.185. The minimum atomic E-state index is -3.81. The van der Waals surface area contributed by atoms with Crippen LogP contribution in [0.15, 0.2) is 95.9 Å². The largest absolute Gasteiger partial charge is 0.489 e. The lowest BCUT2D eigenvalue weighted by Gasteiger charge is -2.30. The summed E-state index contributed by atoms with van der Waals surface area (Å²) in [4.78, 5) is 2.56. The molecular weight excluding hydrogens is 446 g/mol. The second-order valence-electron chi connectivity index (χ2n) is 8.27. The van der Waals surface area contributed by atoms with Crippen LogP contribution in [-0.2, 0) is 16.6 Å². The molecule has 34 heavy (non-hydrogen) atoms. The highest BCUT2D eigenvalue weighted by Gasteiger charge is 2.21. The van der Waals surface area contributed by atoms with Crippen molar-refractivity contribution in [3.63, 3.8) is 0 Å². The molecule has 0 aromatic heterocycles. The standard InChI is InChI=1S/C27H27N3O3S/c31-34(32,29-22-9-6-10-23(19-22)33-20-21-7-2-1-3-8-21)27-14-13-26(30-17-15-28-16-18-30)24-11-4-5-12-25(24)27/h1-14,19,28-29H,15-18,20H2. The first-order valence-electron chi connectivity index (χ1n) is 11.4. The molecule has 0 spiro atoms. The normalized spacial score (nSPS) is 14.2. The summed E-state index contributed by atoms with van der Waals surface area (Å²) in [7, 11) is -3.81. The third-order valence-electron chi connectivity index (χ3n) is 5.94. The molecule has 4 aromatic rings. The Kier molecular flexibility index (Phi) is 6.38. The lowest BCUT2D eigenvalue weighted by atomic mass is 10.1. The van der Waals surface area contributed by atoms with Crippen molar-refractivity contribution in [3.05, 3.63) is 96.6 Å². The lowest BCUT2D eigenvalue weighted by molar-refractivity contribution is 0.306. The Labute approximate surface area is 200 Å². The average molecular weight is 474 g/mol. The Balaban J connectivity index is 1.40. The van der Waals surface area contributed by atoms with Crippen LogP contribution >= 0.6 is 0 Å². The van der Waals surface area contributed by atoms with E-state index in [0.717, 1.165) is 42.8 Å². The van der Waals surface area contributed by atoms with E-state index >= 15 is 0 Å². The van der Waals surface area contributed by atoms with Crippen molar-refractivity contribution in [3.8, 4) is 5.75 Å².